The summed E-state index contributed by atoms with van der Waals surface area (Å²) in [5.74, 6) is -0.252. The molecule has 2 saturated heterocycles. The van der Waals surface area contributed by atoms with E-state index in [-0.39, 0.29) is 11.3 Å². The van der Waals surface area contributed by atoms with E-state index in [4.69, 9.17) is 0 Å². The van der Waals surface area contributed by atoms with Crippen LogP contribution in [0.1, 0.15) is 47.2 Å². The van der Waals surface area contributed by atoms with Gasteiger partial charge in [0.2, 0.25) is 5.78 Å². The molecule has 2 heterocycles. The van der Waals surface area contributed by atoms with Crippen molar-refractivity contribution in [1.82, 2.24) is 4.90 Å². The minimum Gasteiger partial charge on any atom is -0.508 e. The molecule has 2 aliphatic heterocycles. The number of carbonyl (C=O) groups excluding carboxylic acids is 1. The molecule has 160 valence electrons. The van der Waals surface area contributed by atoms with Crippen LogP contribution in [-0.2, 0) is 30.7 Å². The molecule has 7 nitrogen and oxygen atoms in total. The minimum atomic E-state index is -4.05. The van der Waals surface area contributed by atoms with Gasteiger partial charge in [0, 0.05) is 11.1 Å². The standard InChI is InChI=1S/C22H25NO6S/c1-23-15-5-4-13-22(23,14-12-16-8-10-17(24)11-9-16)19-7-3-2-6-18(19)20(25)21-28-30(26,27)29-21/h2-3,6-11,21,24H,4-5,12-15H2,1H3. The Bertz CT molecular complexity index is 1020. The van der Waals surface area contributed by atoms with Gasteiger partial charge in [-0.05, 0) is 69.0 Å². The molecule has 0 spiro atoms. The van der Waals surface area contributed by atoms with Gasteiger partial charge in [0.05, 0.1) is 0 Å². The normalized spacial score (nSPS) is 24.3. The monoisotopic (exact) mass is 431 g/mol. The van der Waals surface area contributed by atoms with Gasteiger partial charge in [-0.1, -0.05) is 36.4 Å². The third kappa shape index (κ3) is 4.00. The summed E-state index contributed by atoms with van der Waals surface area (Å²) in [5.41, 5.74) is 2.03. The first-order chi connectivity index (χ1) is 14.3. The predicted molar refractivity (Wildman–Crippen MR) is 110 cm³/mol. The summed E-state index contributed by atoms with van der Waals surface area (Å²) in [6.07, 6.45) is 3.14. The van der Waals surface area contributed by atoms with Crippen LogP contribution < -0.4 is 0 Å². The molecular formula is C22H25NO6S. The van der Waals surface area contributed by atoms with Gasteiger partial charge in [-0.25, -0.2) is 8.37 Å². The number of nitrogens with zero attached hydrogens (tertiary/aromatic N) is 1. The molecule has 0 aromatic heterocycles. The van der Waals surface area contributed by atoms with Crippen LogP contribution in [0.15, 0.2) is 48.5 Å². The summed E-state index contributed by atoms with van der Waals surface area (Å²) in [5, 5.41) is 9.55. The molecule has 1 atom stereocenters. The maximum Gasteiger partial charge on any atom is 0.405 e. The van der Waals surface area contributed by atoms with Gasteiger partial charge < -0.3 is 5.11 Å². The number of ketones is 1. The fourth-order valence-corrected chi connectivity index (χ4v) is 5.13. The number of phenols is 1. The number of aryl methyl sites for hydroxylation is 1. The molecule has 1 N–H and O–H groups in total. The van der Waals surface area contributed by atoms with E-state index in [0.717, 1.165) is 49.8 Å². The summed E-state index contributed by atoms with van der Waals surface area (Å²) >= 11 is 0. The van der Waals surface area contributed by atoms with Gasteiger partial charge in [0.1, 0.15) is 5.75 Å². The molecule has 2 aromatic rings. The van der Waals surface area contributed by atoms with Crippen LogP contribution in [0.3, 0.4) is 0 Å². The van der Waals surface area contributed by atoms with Crippen LogP contribution in [0.2, 0.25) is 0 Å². The maximum atomic E-state index is 13.0. The Hall–Kier alpha value is -2.26. The Morgan fingerprint density at radius 3 is 2.50 bits per heavy atom. The zero-order chi connectivity index (χ0) is 21.4. The topological polar surface area (TPSA) is 93.1 Å². The number of carbonyl (C=O) groups is 1. The highest BCUT2D eigenvalue weighted by molar-refractivity contribution is 7.82. The van der Waals surface area contributed by atoms with Crippen molar-refractivity contribution in [3.05, 3.63) is 65.2 Å². The van der Waals surface area contributed by atoms with E-state index in [0.29, 0.717) is 5.56 Å². The Kier molecular flexibility index (Phi) is 5.67. The Balaban J connectivity index is 1.68. The summed E-state index contributed by atoms with van der Waals surface area (Å²) in [6, 6.07) is 14.5. The molecule has 0 aliphatic carbocycles. The lowest BCUT2D eigenvalue weighted by Crippen LogP contribution is -2.49. The molecule has 2 aliphatic rings. The largest absolute Gasteiger partial charge is 0.508 e. The number of piperidine rings is 1. The van der Waals surface area contributed by atoms with Gasteiger partial charge in [-0.15, -0.1) is 0 Å². The second-order valence-corrected chi connectivity index (χ2v) is 9.12. The fraction of sp³-hybridized carbons (Fsp3) is 0.409. The quantitative estimate of drug-likeness (QED) is 0.703. The molecule has 30 heavy (non-hydrogen) atoms. The third-order valence-electron chi connectivity index (χ3n) is 6.15. The third-order valence-corrected chi connectivity index (χ3v) is 6.97. The Labute approximate surface area is 176 Å². The van der Waals surface area contributed by atoms with E-state index in [9.17, 15) is 18.3 Å². The Morgan fingerprint density at radius 1 is 1.13 bits per heavy atom. The highest BCUT2D eigenvalue weighted by Gasteiger charge is 2.46. The van der Waals surface area contributed by atoms with E-state index in [1.165, 1.54) is 0 Å². The number of phenolic OH excluding ortho intramolecular Hbond substituents is 1. The van der Waals surface area contributed by atoms with Crippen molar-refractivity contribution in [1.29, 1.82) is 0 Å². The van der Waals surface area contributed by atoms with E-state index in [1.807, 2.05) is 24.3 Å². The molecular weight excluding hydrogens is 406 g/mol. The molecule has 1 unspecified atom stereocenters. The molecule has 0 amide bonds. The van der Waals surface area contributed by atoms with Crippen molar-refractivity contribution in [2.24, 2.45) is 0 Å². The second-order valence-electron chi connectivity index (χ2n) is 7.92. The lowest BCUT2D eigenvalue weighted by molar-refractivity contribution is -0.0541. The van der Waals surface area contributed by atoms with E-state index in [2.05, 4.69) is 20.3 Å². The van der Waals surface area contributed by atoms with E-state index >= 15 is 0 Å². The maximum absolute atomic E-state index is 13.0. The average molecular weight is 432 g/mol. The summed E-state index contributed by atoms with van der Waals surface area (Å²) in [7, 11) is -1.98. The first kappa shape index (κ1) is 21.0. The number of Topliss-reactive ketones (excluding diaryl/α,β-unsaturated/α-hetero) is 1. The lowest BCUT2D eigenvalue weighted by atomic mass is 9.74. The van der Waals surface area contributed by atoms with E-state index < -0.39 is 22.5 Å². The molecule has 2 aromatic carbocycles. The van der Waals surface area contributed by atoms with Gasteiger partial charge >= 0.3 is 10.4 Å². The number of aromatic hydroxyl groups is 1. The number of hydrogen-bond acceptors (Lipinski definition) is 7. The summed E-state index contributed by atoms with van der Waals surface area (Å²) in [6.45, 7) is 0.906. The average Bonchev–Trinajstić information content (AvgIpc) is 2.72. The Morgan fingerprint density at radius 2 is 1.83 bits per heavy atom. The van der Waals surface area contributed by atoms with Crippen LogP contribution in [-0.4, -0.2) is 44.1 Å². The van der Waals surface area contributed by atoms with Gasteiger partial charge in [-0.3, -0.25) is 9.69 Å². The zero-order valence-electron chi connectivity index (χ0n) is 16.8. The first-order valence-electron chi connectivity index (χ1n) is 10.1. The number of likely N-dealkylation sites (tertiary alicyclic amines) is 1. The minimum absolute atomic E-state index is 0.231. The SMILES string of the molecule is CN1CCCCC1(CCc1ccc(O)cc1)c1ccccc1C(=O)C1OS(=O)(=O)O1. The number of benzene rings is 2. The first-order valence-corrected chi connectivity index (χ1v) is 11.4. The van der Waals surface area contributed by atoms with Crippen molar-refractivity contribution in [2.45, 2.75) is 43.9 Å². The van der Waals surface area contributed by atoms with Gasteiger partial charge in [0.15, 0.2) is 0 Å². The number of hydrogen-bond donors (Lipinski definition) is 1. The van der Waals surface area contributed by atoms with Crippen molar-refractivity contribution < 1.29 is 26.7 Å². The van der Waals surface area contributed by atoms with Crippen LogP contribution in [0, 0.1) is 0 Å². The molecule has 8 heteroatoms. The molecule has 0 radical (unpaired) electrons. The molecule has 0 bridgehead atoms. The fourth-order valence-electron chi connectivity index (χ4n) is 4.52. The van der Waals surface area contributed by atoms with Gasteiger partial charge in [0.25, 0.3) is 6.29 Å². The van der Waals surface area contributed by atoms with Crippen molar-refractivity contribution in [3.8, 4) is 5.75 Å². The van der Waals surface area contributed by atoms with Crippen LogP contribution in [0.5, 0.6) is 5.75 Å². The van der Waals surface area contributed by atoms with E-state index in [1.54, 1.807) is 24.3 Å². The van der Waals surface area contributed by atoms with Crippen molar-refractivity contribution in [2.75, 3.05) is 13.6 Å². The van der Waals surface area contributed by atoms with Crippen LogP contribution >= 0.6 is 0 Å². The molecule has 4 rings (SSSR count). The van der Waals surface area contributed by atoms with Crippen LogP contribution in [0.4, 0.5) is 0 Å². The summed E-state index contributed by atoms with van der Waals surface area (Å²) < 4.78 is 31.7. The lowest BCUT2D eigenvalue weighted by Gasteiger charge is -2.47. The van der Waals surface area contributed by atoms with Crippen molar-refractivity contribution in [3.63, 3.8) is 0 Å². The smallest absolute Gasteiger partial charge is 0.405 e. The second kappa shape index (κ2) is 8.11. The molecule has 0 saturated carbocycles. The van der Waals surface area contributed by atoms with Crippen LogP contribution in [0.25, 0.3) is 0 Å². The van der Waals surface area contributed by atoms with Gasteiger partial charge in [-0.2, -0.15) is 8.42 Å². The predicted octanol–water partition coefficient (Wildman–Crippen LogP) is 3.14. The highest BCUT2D eigenvalue weighted by Crippen LogP contribution is 2.43. The highest BCUT2D eigenvalue weighted by atomic mass is 32.3. The van der Waals surface area contributed by atoms with Crippen molar-refractivity contribution >= 4 is 16.2 Å². The summed E-state index contributed by atoms with van der Waals surface area (Å²) in [4.78, 5) is 15.3. The zero-order valence-corrected chi connectivity index (χ0v) is 17.6. The molecule has 2 fully saturated rings. The number of rotatable bonds is 6.